The topological polar surface area (TPSA) is 95.4 Å². The van der Waals surface area contributed by atoms with E-state index in [0.717, 1.165) is 0 Å². The van der Waals surface area contributed by atoms with Gasteiger partial charge in [-0.05, 0) is 18.2 Å². The van der Waals surface area contributed by atoms with Crippen molar-refractivity contribution in [3.8, 4) is 11.5 Å². The number of phenols is 1. The summed E-state index contributed by atoms with van der Waals surface area (Å²) in [4.78, 5) is 10.6. The Morgan fingerprint density at radius 1 is 1.41 bits per heavy atom. The highest BCUT2D eigenvalue weighted by Crippen LogP contribution is 2.18. The summed E-state index contributed by atoms with van der Waals surface area (Å²) in [5.74, 6) is -0.486. The number of nitrogens with zero attached hydrogens (tertiary/aromatic N) is 1. The Morgan fingerprint density at radius 2 is 2.24 bits per heavy atom. The van der Waals surface area contributed by atoms with Crippen molar-refractivity contribution in [1.29, 1.82) is 0 Å². The molecule has 1 aromatic carbocycles. The van der Waals surface area contributed by atoms with E-state index < -0.39 is 5.97 Å². The number of hydrogen-bond donors (Lipinski definition) is 3. The van der Waals surface area contributed by atoms with Gasteiger partial charge in [-0.1, -0.05) is 6.07 Å². The Morgan fingerprint density at radius 3 is 2.88 bits per heavy atom. The minimum Gasteiger partial charge on any atom is -0.508 e. The number of H-pyrrole nitrogens is 1. The summed E-state index contributed by atoms with van der Waals surface area (Å²) in [5.41, 5.74) is 0.491. The third kappa shape index (κ3) is 2.75. The van der Waals surface area contributed by atoms with Gasteiger partial charge in [0.2, 0.25) is 0 Å². The van der Waals surface area contributed by atoms with E-state index in [0.29, 0.717) is 11.4 Å². The van der Waals surface area contributed by atoms with Gasteiger partial charge in [0.15, 0.2) is 5.69 Å². The summed E-state index contributed by atoms with van der Waals surface area (Å²) in [7, 11) is 0. The minimum absolute atomic E-state index is 0.0560. The maximum Gasteiger partial charge on any atom is 0.356 e. The maximum atomic E-state index is 10.6. The smallest absolute Gasteiger partial charge is 0.356 e. The molecule has 0 radical (unpaired) electrons. The molecular weight excluding hydrogens is 224 g/mol. The van der Waals surface area contributed by atoms with E-state index >= 15 is 0 Å². The zero-order valence-corrected chi connectivity index (χ0v) is 8.75. The van der Waals surface area contributed by atoms with Crippen LogP contribution in [-0.4, -0.2) is 26.4 Å². The summed E-state index contributed by atoms with van der Waals surface area (Å²) >= 11 is 0. The third-order valence-electron chi connectivity index (χ3n) is 2.06. The van der Waals surface area contributed by atoms with Crippen LogP contribution in [0.15, 0.2) is 30.3 Å². The normalized spacial score (nSPS) is 10.1. The molecule has 2 rings (SSSR count). The van der Waals surface area contributed by atoms with Crippen LogP contribution in [0.5, 0.6) is 11.5 Å². The van der Waals surface area contributed by atoms with Gasteiger partial charge in [0, 0.05) is 6.07 Å². The van der Waals surface area contributed by atoms with Crippen molar-refractivity contribution in [2.75, 3.05) is 0 Å². The first-order valence-electron chi connectivity index (χ1n) is 4.84. The maximum absolute atomic E-state index is 10.6. The van der Waals surface area contributed by atoms with Crippen molar-refractivity contribution in [3.05, 3.63) is 41.7 Å². The Kier molecular flexibility index (Phi) is 2.95. The molecule has 1 heterocycles. The Balaban J connectivity index is 2.00. The summed E-state index contributed by atoms with van der Waals surface area (Å²) in [6.07, 6.45) is 0. The fourth-order valence-corrected chi connectivity index (χ4v) is 1.28. The summed E-state index contributed by atoms with van der Waals surface area (Å²) in [6.45, 7) is 0.156. The van der Waals surface area contributed by atoms with Gasteiger partial charge in [0.1, 0.15) is 18.1 Å². The van der Waals surface area contributed by atoms with Crippen molar-refractivity contribution in [3.63, 3.8) is 0 Å². The molecule has 0 saturated carbocycles. The molecule has 2 aromatic rings. The second-order valence-corrected chi connectivity index (χ2v) is 3.37. The molecule has 17 heavy (non-hydrogen) atoms. The standard InChI is InChI=1S/C11H10N2O4/c14-8-2-1-3-9(5-8)17-6-7-4-10(11(15)16)13-12-7/h1-5,14H,6H2,(H,12,13)(H,15,16). The highest BCUT2D eigenvalue weighted by molar-refractivity contribution is 5.85. The molecule has 0 aliphatic carbocycles. The zero-order valence-electron chi connectivity index (χ0n) is 8.75. The van der Waals surface area contributed by atoms with E-state index in [-0.39, 0.29) is 18.1 Å². The van der Waals surface area contributed by atoms with E-state index in [1.54, 1.807) is 12.1 Å². The van der Waals surface area contributed by atoms with Crippen molar-refractivity contribution in [1.82, 2.24) is 10.2 Å². The van der Waals surface area contributed by atoms with E-state index in [1.807, 2.05) is 0 Å². The molecular formula is C11H10N2O4. The van der Waals surface area contributed by atoms with Gasteiger partial charge >= 0.3 is 5.97 Å². The summed E-state index contributed by atoms with van der Waals surface area (Å²) in [6, 6.07) is 7.74. The number of benzene rings is 1. The number of aromatic nitrogens is 2. The van der Waals surface area contributed by atoms with Crippen molar-refractivity contribution >= 4 is 5.97 Å². The number of phenolic OH excluding ortho intramolecular Hbond substituents is 1. The number of carbonyl (C=O) groups is 1. The molecule has 1 aromatic heterocycles. The molecule has 0 spiro atoms. The van der Waals surface area contributed by atoms with Crippen LogP contribution >= 0.6 is 0 Å². The minimum atomic E-state index is -1.09. The fraction of sp³-hybridized carbons (Fsp3) is 0.0909. The highest BCUT2D eigenvalue weighted by Gasteiger charge is 2.08. The molecule has 0 amide bonds. The molecule has 88 valence electrons. The van der Waals surface area contributed by atoms with E-state index in [9.17, 15) is 9.90 Å². The number of hydrogen-bond acceptors (Lipinski definition) is 4. The summed E-state index contributed by atoms with van der Waals surface area (Å²) in [5, 5.41) is 24.0. The number of aromatic amines is 1. The Hall–Kier alpha value is -2.50. The quantitative estimate of drug-likeness (QED) is 0.743. The van der Waals surface area contributed by atoms with Gasteiger partial charge in [-0.15, -0.1) is 0 Å². The first kappa shape index (κ1) is 11.0. The largest absolute Gasteiger partial charge is 0.508 e. The highest BCUT2D eigenvalue weighted by atomic mass is 16.5. The predicted molar refractivity (Wildman–Crippen MR) is 58.0 cm³/mol. The van der Waals surface area contributed by atoms with Crippen LogP contribution in [0.3, 0.4) is 0 Å². The molecule has 0 atom stereocenters. The van der Waals surface area contributed by atoms with Gasteiger partial charge in [-0.25, -0.2) is 4.79 Å². The van der Waals surface area contributed by atoms with Gasteiger partial charge in [0.25, 0.3) is 0 Å². The molecule has 0 aliphatic rings. The number of carboxylic acid groups (broad SMARTS) is 1. The van der Waals surface area contributed by atoms with Crippen LogP contribution < -0.4 is 4.74 Å². The van der Waals surface area contributed by atoms with E-state index in [4.69, 9.17) is 9.84 Å². The van der Waals surface area contributed by atoms with E-state index in [2.05, 4.69) is 10.2 Å². The molecule has 0 saturated heterocycles. The van der Waals surface area contributed by atoms with Crippen molar-refractivity contribution < 1.29 is 19.7 Å². The van der Waals surface area contributed by atoms with Crippen LogP contribution in [0.25, 0.3) is 0 Å². The molecule has 0 bridgehead atoms. The average Bonchev–Trinajstić information content (AvgIpc) is 2.75. The first-order valence-corrected chi connectivity index (χ1v) is 4.84. The molecule has 6 heteroatoms. The van der Waals surface area contributed by atoms with Crippen LogP contribution in [0, 0.1) is 0 Å². The lowest BCUT2D eigenvalue weighted by Crippen LogP contribution is -1.96. The average molecular weight is 234 g/mol. The Bertz CT molecular complexity index is 536. The number of aromatic hydroxyl groups is 1. The van der Waals surface area contributed by atoms with Crippen LogP contribution in [0.1, 0.15) is 16.2 Å². The first-order chi connectivity index (χ1) is 8.15. The zero-order chi connectivity index (χ0) is 12.3. The monoisotopic (exact) mass is 234 g/mol. The van der Waals surface area contributed by atoms with Gasteiger partial charge < -0.3 is 14.9 Å². The number of carboxylic acids is 1. The SMILES string of the molecule is O=C(O)c1cc(COc2cccc(O)c2)[nH]n1. The van der Waals surface area contributed by atoms with Crippen LogP contribution in [-0.2, 0) is 6.61 Å². The lowest BCUT2D eigenvalue weighted by atomic mass is 10.3. The summed E-state index contributed by atoms with van der Waals surface area (Å²) < 4.78 is 5.34. The molecule has 0 unspecified atom stereocenters. The molecule has 6 nitrogen and oxygen atoms in total. The van der Waals surface area contributed by atoms with Crippen molar-refractivity contribution in [2.24, 2.45) is 0 Å². The second kappa shape index (κ2) is 4.56. The van der Waals surface area contributed by atoms with Gasteiger partial charge in [-0.2, -0.15) is 5.10 Å². The van der Waals surface area contributed by atoms with Gasteiger partial charge in [-0.3, -0.25) is 5.10 Å². The molecule has 3 N–H and O–H groups in total. The molecule has 0 aliphatic heterocycles. The van der Waals surface area contributed by atoms with E-state index in [1.165, 1.54) is 18.2 Å². The number of ether oxygens (including phenoxy) is 1. The third-order valence-corrected chi connectivity index (χ3v) is 2.06. The fourth-order valence-electron chi connectivity index (χ4n) is 1.28. The lowest BCUT2D eigenvalue weighted by molar-refractivity contribution is 0.0690. The number of nitrogens with one attached hydrogen (secondary N) is 1. The molecule has 0 fully saturated rings. The second-order valence-electron chi connectivity index (χ2n) is 3.37. The number of rotatable bonds is 4. The van der Waals surface area contributed by atoms with Gasteiger partial charge in [0.05, 0.1) is 5.69 Å². The van der Waals surface area contributed by atoms with Crippen molar-refractivity contribution in [2.45, 2.75) is 6.61 Å². The lowest BCUT2D eigenvalue weighted by Gasteiger charge is -2.04. The van der Waals surface area contributed by atoms with Crippen LogP contribution in [0.2, 0.25) is 0 Å². The Labute approximate surface area is 96.5 Å². The van der Waals surface area contributed by atoms with Crippen LogP contribution in [0.4, 0.5) is 0 Å². The predicted octanol–water partition coefficient (Wildman–Crippen LogP) is 1.39. The number of aromatic carboxylic acids is 1.